The van der Waals surface area contributed by atoms with Crippen LogP contribution in [0.4, 0.5) is 43.9 Å². The van der Waals surface area contributed by atoms with Crippen LogP contribution >= 0.6 is 0 Å². The van der Waals surface area contributed by atoms with Crippen molar-refractivity contribution in [2.75, 3.05) is 0 Å². The summed E-state index contributed by atoms with van der Waals surface area (Å²) >= 11 is 0. The second-order valence-electron chi connectivity index (χ2n) is 12.9. The highest BCUT2D eigenvalue weighted by atomic mass is 19.2. The van der Waals surface area contributed by atoms with Gasteiger partial charge in [0.15, 0.2) is 46.5 Å². The van der Waals surface area contributed by atoms with Gasteiger partial charge in [-0.15, -0.1) is 0 Å². The first-order chi connectivity index (χ1) is 27.9. The summed E-state index contributed by atoms with van der Waals surface area (Å²) in [5, 5.41) is 0. The molecule has 0 spiro atoms. The molecule has 7 aromatic rings. The molecular weight excluding hydrogens is 778 g/mol. The molecule has 2 N–H and O–H groups in total. The van der Waals surface area contributed by atoms with Crippen molar-refractivity contribution in [3.8, 4) is 44.5 Å². The molecule has 7 heterocycles. The van der Waals surface area contributed by atoms with Crippen molar-refractivity contribution in [1.82, 2.24) is 29.9 Å². The van der Waals surface area contributed by atoms with Gasteiger partial charge in [0.1, 0.15) is 0 Å². The molecule has 6 nitrogen and oxygen atoms in total. The molecule has 0 atom stereocenters. The van der Waals surface area contributed by atoms with Gasteiger partial charge in [0.2, 0.25) is 11.6 Å². The van der Waals surface area contributed by atoms with Crippen molar-refractivity contribution >= 4 is 46.4 Å². The van der Waals surface area contributed by atoms with E-state index in [9.17, 15) is 26.3 Å². The molecule has 2 aliphatic heterocycles. The van der Waals surface area contributed by atoms with Crippen molar-refractivity contribution in [3.63, 3.8) is 0 Å². The van der Waals surface area contributed by atoms with Crippen LogP contribution in [0.5, 0.6) is 0 Å². The second kappa shape index (κ2) is 13.7. The van der Waals surface area contributed by atoms with Gasteiger partial charge >= 0.3 is 0 Å². The molecule has 0 saturated heterocycles. The zero-order chi connectivity index (χ0) is 40.6. The third-order valence-corrected chi connectivity index (χ3v) is 9.61. The minimum absolute atomic E-state index is 0.243. The summed E-state index contributed by atoms with van der Waals surface area (Å²) in [6.45, 7) is 0. The van der Waals surface area contributed by atoms with E-state index in [2.05, 4.69) is 24.9 Å². The quantitative estimate of drug-likeness (QED) is 0.106. The van der Waals surface area contributed by atoms with Crippen LogP contribution in [0.15, 0.2) is 73.3 Å². The molecule has 0 aliphatic carbocycles. The zero-order valence-electron chi connectivity index (χ0n) is 28.8. The summed E-state index contributed by atoms with van der Waals surface area (Å²) in [4.78, 5) is 23.3. The number of hydrogen-bond acceptors (Lipinski definition) is 4. The molecule has 2 aromatic carbocycles. The van der Waals surface area contributed by atoms with Crippen molar-refractivity contribution in [2.24, 2.45) is 0 Å². The predicted octanol–water partition coefficient (Wildman–Crippen LogP) is 11.5. The molecule has 8 bridgehead atoms. The highest BCUT2D eigenvalue weighted by Gasteiger charge is 2.32. The Bertz CT molecular complexity index is 2860. The molecule has 0 fully saturated rings. The SMILES string of the molecule is Fc1c(F)c(F)c(-c2c3nc(c(-c4c(F)c(F)c(F)c(F)c4F)c4ccc([nH]4)c(-c4ccncc4)c4nc(c(-c5ccncc5)c5ccc2[nH]5)C=C4)C=C3)c(F)c1F. The number of nitrogens with zero attached hydrogens (tertiary/aromatic N) is 4. The summed E-state index contributed by atoms with van der Waals surface area (Å²) in [6.07, 6.45) is 11.4. The maximum Gasteiger partial charge on any atom is 0.200 e. The van der Waals surface area contributed by atoms with E-state index in [0.717, 1.165) is 12.2 Å². The van der Waals surface area contributed by atoms with Gasteiger partial charge in [-0.1, -0.05) is 0 Å². The first-order valence-electron chi connectivity index (χ1n) is 16.9. The van der Waals surface area contributed by atoms with E-state index >= 15 is 17.6 Å². The van der Waals surface area contributed by atoms with Crippen LogP contribution in [0, 0.1) is 58.2 Å². The Labute approximate surface area is 318 Å². The third-order valence-electron chi connectivity index (χ3n) is 9.61. The van der Waals surface area contributed by atoms with Crippen LogP contribution in [0.2, 0.25) is 0 Å². The Hall–Kier alpha value is -7.36. The highest BCUT2D eigenvalue weighted by molar-refractivity contribution is 6.00. The van der Waals surface area contributed by atoms with E-state index in [0.29, 0.717) is 33.6 Å². The maximum atomic E-state index is 15.8. The lowest BCUT2D eigenvalue weighted by Crippen LogP contribution is -2.05. The van der Waals surface area contributed by atoms with E-state index in [4.69, 9.17) is 4.98 Å². The summed E-state index contributed by atoms with van der Waals surface area (Å²) in [6, 6.07) is 12.1. The molecular formula is C42H18F10N6. The average molecular weight is 797 g/mol. The van der Waals surface area contributed by atoms with E-state index < -0.39 is 91.8 Å². The van der Waals surface area contributed by atoms with Crippen molar-refractivity contribution in [1.29, 1.82) is 0 Å². The fourth-order valence-corrected chi connectivity index (χ4v) is 7.02. The van der Waals surface area contributed by atoms with Crippen LogP contribution in [-0.2, 0) is 0 Å². The smallest absolute Gasteiger partial charge is 0.200 e. The van der Waals surface area contributed by atoms with E-state index in [1.165, 1.54) is 49.1 Å². The number of fused-ring (bicyclic) bond motifs is 8. The molecule has 0 radical (unpaired) electrons. The van der Waals surface area contributed by atoms with Gasteiger partial charge in [0, 0.05) is 69.1 Å². The number of hydrogen-bond donors (Lipinski definition) is 2. The predicted molar refractivity (Wildman–Crippen MR) is 196 cm³/mol. The molecule has 2 aliphatic rings. The summed E-state index contributed by atoms with van der Waals surface area (Å²) in [5.74, 6) is -22.9. The number of H-pyrrole nitrogens is 2. The molecule has 5 aromatic heterocycles. The van der Waals surface area contributed by atoms with Crippen molar-refractivity contribution in [3.05, 3.63) is 154 Å². The molecule has 0 unspecified atom stereocenters. The van der Waals surface area contributed by atoms with Gasteiger partial charge in [0.05, 0.1) is 33.9 Å². The molecule has 9 rings (SSSR count). The Morgan fingerprint density at radius 1 is 0.293 bits per heavy atom. The summed E-state index contributed by atoms with van der Waals surface area (Å²) < 4.78 is 151. The number of nitrogens with one attached hydrogen (secondary N) is 2. The van der Waals surface area contributed by atoms with Crippen LogP contribution in [0.25, 0.3) is 90.9 Å². The van der Waals surface area contributed by atoms with Gasteiger partial charge in [0.25, 0.3) is 0 Å². The van der Waals surface area contributed by atoms with Gasteiger partial charge < -0.3 is 9.97 Å². The van der Waals surface area contributed by atoms with Crippen LogP contribution in [0.3, 0.4) is 0 Å². The van der Waals surface area contributed by atoms with Gasteiger partial charge in [-0.3, -0.25) is 9.97 Å². The zero-order valence-corrected chi connectivity index (χ0v) is 28.8. The molecule has 286 valence electrons. The largest absolute Gasteiger partial charge is 0.354 e. The molecule has 0 amide bonds. The van der Waals surface area contributed by atoms with Gasteiger partial charge in [-0.25, -0.2) is 53.9 Å². The minimum atomic E-state index is -2.44. The molecule has 58 heavy (non-hydrogen) atoms. The average Bonchev–Trinajstić information content (AvgIpc) is 4.09. The Kier molecular flexibility index (Phi) is 8.56. The van der Waals surface area contributed by atoms with E-state index in [-0.39, 0.29) is 22.1 Å². The summed E-state index contributed by atoms with van der Waals surface area (Å²) in [7, 11) is 0. The number of pyridine rings is 2. The lowest BCUT2D eigenvalue weighted by Gasteiger charge is -2.11. The number of rotatable bonds is 4. The Balaban J connectivity index is 1.54. The first-order valence-corrected chi connectivity index (χ1v) is 16.9. The van der Waals surface area contributed by atoms with E-state index in [1.807, 2.05) is 0 Å². The topological polar surface area (TPSA) is 83.1 Å². The number of benzene rings is 2. The third kappa shape index (κ3) is 5.58. The number of halogens is 10. The summed E-state index contributed by atoms with van der Waals surface area (Å²) in [5.41, 5.74) is -2.71. The first kappa shape index (κ1) is 36.3. The minimum Gasteiger partial charge on any atom is -0.354 e. The van der Waals surface area contributed by atoms with Gasteiger partial charge in [-0.2, -0.15) is 0 Å². The molecule has 0 saturated carbocycles. The lowest BCUT2D eigenvalue weighted by molar-refractivity contribution is 0.381. The van der Waals surface area contributed by atoms with Crippen LogP contribution in [-0.4, -0.2) is 29.9 Å². The second-order valence-corrected chi connectivity index (χ2v) is 12.9. The maximum absolute atomic E-state index is 15.8. The van der Waals surface area contributed by atoms with Crippen LogP contribution < -0.4 is 0 Å². The fourth-order valence-electron chi connectivity index (χ4n) is 7.02. The Morgan fingerprint density at radius 3 is 0.862 bits per heavy atom. The fraction of sp³-hybridized carbons (Fsp3) is 0. The number of aromatic nitrogens is 6. The normalized spacial score (nSPS) is 12.2. The highest BCUT2D eigenvalue weighted by Crippen LogP contribution is 2.42. The van der Waals surface area contributed by atoms with Crippen LogP contribution in [0.1, 0.15) is 22.8 Å². The van der Waals surface area contributed by atoms with Crippen molar-refractivity contribution < 1.29 is 43.9 Å². The van der Waals surface area contributed by atoms with E-state index in [1.54, 1.807) is 36.4 Å². The van der Waals surface area contributed by atoms with Gasteiger partial charge in [-0.05, 0) is 84.0 Å². The lowest BCUT2D eigenvalue weighted by atomic mass is 10.0. The number of aromatic amines is 2. The monoisotopic (exact) mass is 796 g/mol. The standard InChI is InChI=1S/C42H18F10N6/c43-33-31(34(44)38(48)41(51)37(33)47)29-23-5-3-21(56-23)27(17-9-13-53-14-10-17)19-1-2-20(55-19)28(18-11-15-54-16-12-18)22-4-6-24(57-22)30(26-8-7-25(29)58-26)32-35(45)39(49)42(52)40(50)36(32)46/h1-16,56-57H. The molecule has 16 heteroatoms. The Morgan fingerprint density at radius 2 is 0.552 bits per heavy atom. The van der Waals surface area contributed by atoms with Crippen molar-refractivity contribution in [2.45, 2.75) is 0 Å².